The molecular formula is C22H19F3N2O2S. The first kappa shape index (κ1) is 21.8. The maximum absolute atomic E-state index is 13.0. The number of carbonyl (C=O) groups excluding carboxylic acids is 1. The highest BCUT2D eigenvalue weighted by molar-refractivity contribution is 7.98. The number of para-hydroxylation sites is 1. The summed E-state index contributed by atoms with van der Waals surface area (Å²) in [6, 6.07) is 12.4. The standard InChI is InChI=1S/C22H19F3N2O2S/c1-13-19(14(2)28)21(27-20(26-13)17-9-4-5-10-18(17)29-3)30-12-15-7-6-8-16(11-15)22(23,24)25/h4-11H,12H2,1-3H3. The Kier molecular flexibility index (Phi) is 6.45. The number of halogens is 3. The Morgan fingerprint density at radius 2 is 1.83 bits per heavy atom. The second kappa shape index (κ2) is 8.87. The lowest BCUT2D eigenvalue weighted by Crippen LogP contribution is -2.07. The molecule has 0 aliphatic heterocycles. The summed E-state index contributed by atoms with van der Waals surface area (Å²) < 4.78 is 44.3. The van der Waals surface area contributed by atoms with Crippen LogP contribution in [0.2, 0.25) is 0 Å². The summed E-state index contributed by atoms with van der Waals surface area (Å²) >= 11 is 1.20. The first-order chi connectivity index (χ1) is 14.2. The Hall–Kier alpha value is -2.87. The number of nitrogens with zero attached hydrogens (tertiary/aromatic N) is 2. The van der Waals surface area contributed by atoms with Gasteiger partial charge in [-0.25, -0.2) is 9.97 Å². The van der Waals surface area contributed by atoms with Gasteiger partial charge in [0.2, 0.25) is 0 Å². The first-order valence-electron chi connectivity index (χ1n) is 9.02. The number of carbonyl (C=O) groups is 1. The molecule has 8 heteroatoms. The molecule has 0 bridgehead atoms. The average Bonchev–Trinajstić information content (AvgIpc) is 2.71. The molecule has 0 N–H and O–H groups in total. The van der Waals surface area contributed by atoms with Gasteiger partial charge in [-0.15, -0.1) is 11.8 Å². The Morgan fingerprint density at radius 1 is 1.10 bits per heavy atom. The van der Waals surface area contributed by atoms with Crippen molar-refractivity contribution in [2.45, 2.75) is 30.8 Å². The van der Waals surface area contributed by atoms with Crippen LogP contribution in [0.4, 0.5) is 13.2 Å². The molecule has 3 aromatic rings. The smallest absolute Gasteiger partial charge is 0.416 e. The van der Waals surface area contributed by atoms with Crippen LogP contribution in [0.15, 0.2) is 53.6 Å². The predicted molar refractivity (Wildman–Crippen MR) is 110 cm³/mol. The number of ether oxygens (including phenoxy) is 1. The summed E-state index contributed by atoms with van der Waals surface area (Å²) in [4.78, 5) is 21.2. The van der Waals surface area contributed by atoms with Crippen molar-refractivity contribution < 1.29 is 22.7 Å². The molecule has 0 spiro atoms. The van der Waals surface area contributed by atoms with E-state index in [1.165, 1.54) is 24.8 Å². The van der Waals surface area contributed by atoms with E-state index >= 15 is 0 Å². The van der Waals surface area contributed by atoms with Gasteiger partial charge >= 0.3 is 6.18 Å². The number of hydrogen-bond donors (Lipinski definition) is 0. The van der Waals surface area contributed by atoms with E-state index in [1.54, 1.807) is 26.2 Å². The SMILES string of the molecule is COc1ccccc1-c1nc(C)c(C(C)=O)c(SCc2cccc(C(F)(F)F)c2)n1. The van der Waals surface area contributed by atoms with Gasteiger partial charge in [0.15, 0.2) is 11.6 Å². The molecule has 156 valence electrons. The zero-order chi connectivity index (χ0) is 21.9. The number of Topliss-reactive ketones (excluding diaryl/α,β-unsaturated/α-hetero) is 1. The molecule has 0 saturated carbocycles. The van der Waals surface area contributed by atoms with Crippen LogP contribution >= 0.6 is 11.8 Å². The molecule has 1 aromatic heterocycles. The third-order valence-electron chi connectivity index (χ3n) is 4.39. The monoisotopic (exact) mass is 432 g/mol. The Labute approximate surface area is 176 Å². The molecule has 0 saturated heterocycles. The molecule has 0 amide bonds. The van der Waals surface area contributed by atoms with E-state index in [4.69, 9.17) is 4.74 Å². The number of ketones is 1. The number of alkyl halides is 3. The third-order valence-corrected chi connectivity index (χ3v) is 5.43. The van der Waals surface area contributed by atoms with Crippen LogP contribution in [0.25, 0.3) is 11.4 Å². The summed E-state index contributed by atoms with van der Waals surface area (Å²) in [7, 11) is 1.54. The van der Waals surface area contributed by atoms with Gasteiger partial charge in [0, 0.05) is 5.75 Å². The fourth-order valence-corrected chi connectivity index (χ4v) is 4.07. The molecule has 4 nitrogen and oxygen atoms in total. The van der Waals surface area contributed by atoms with Gasteiger partial charge in [-0.05, 0) is 37.6 Å². The Balaban J connectivity index is 1.99. The number of rotatable bonds is 6. The maximum Gasteiger partial charge on any atom is 0.416 e. The lowest BCUT2D eigenvalue weighted by molar-refractivity contribution is -0.137. The van der Waals surface area contributed by atoms with Gasteiger partial charge in [0.05, 0.1) is 29.5 Å². The van der Waals surface area contributed by atoms with Gasteiger partial charge < -0.3 is 4.74 Å². The van der Waals surface area contributed by atoms with E-state index in [2.05, 4.69) is 9.97 Å². The quantitative estimate of drug-likeness (QED) is 0.273. The average molecular weight is 432 g/mol. The van der Waals surface area contributed by atoms with Gasteiger partial charge in [-0.2, -0.15) is 13.2 Å². The zero-order valence-electron chi connectivity index (χ0n) is 16.6. The Morgan fingerprint density at radius 3 is 2.50 bits per heavy atom. The lowest BCUT2D eigenvalue weighted by atomic mass is 10.1. The molecule has 1 heterocycles. The van der Waals surface area contributed by atoms with Crippen molar-refractivity contribution in [1.82, 2.24) is 9.97 Å². The predicted octanol–water partition coefficient (Wildman–Crippen LogP) is 5.97. The second-order valence-electron chi connectivity index (χ2n) is 6.56. The summed E-state index contributed by atoms with van der Waals surface area (Å²) in [5, 5.41) is 0.424. The van der Waals surface area contributed by atoms with Crippen molar-refractivity contribution in [3.05, 3.63) is 70.9 Å². The van der Waals surface area contributed by atoms with Crippen LogP contribution < -0.4 is 4.74 Å². The van der Waals surface area contributed by atoms with E-state index in [-0.39, 0.29) is 11.5 Å². The van der Waals surface area contributed by atoms with Crippen LogP contribution in [0.1, 0.15) is 34.1 Å². The minimum Gasteiger partial charge on any atom is -0.496 e. The molecule has 3 rings (SSSR count). The summed E-state index contributed by atoms with van der Waals surface area (Å²) in [6.45, 7) is 3.13. The van der Waals surface area contributed by atoms with Crippen LogP contribution in [0.5, 0.6) is 5.75 Å². The van der Waals surface area contributed by atoms with Crippen LogP contribution in [0.3, 0.4) is 0 Å². The number of hydrogen-bond acceptors (Lipinski definition) is 5. The van der Waals surface area contributed by atoms with E-state index < -0.39 is 11.7 Å². The van der Waals surface area contributed by atoms with Crippen LogP contribution in [0, 0.1) is 6.92 Å². The van der Waals surface area contributed by atoms with Gasteiger partial charge in [-0.1, -0.05) is 30.3 Å². The van der Waals surface area contributed by atoms with Gasteiger partial charge in [-0.3, -0.25) is 4.79 Å². The van der Waals surface area contributed by atoms with E-state index in [0.29, 0.717) is 39.0 Å². The molecule has 2 aromatic carbocycles. The fourth-order valence-electron chi connectivity index (χ4n) is 3.00. The summed E-state index contributed by atoms with van der Waals surface area (Å²) in [5.74, 6) is 1.000. The summed E-state index contributed by atoms with van der Waals surface area (Å²) in [6.07, 6.45) is -4.41. The molecule has 0 aliphatic carbocycles. The van der Waals surface area contributed by atoms with Crippen molar-refractivity contribution in [3.8, 4) is 17.1 Å². The van der Waals surface area contributed by atoms with Crippen molar-refractivity contribution in [1.29, 1.82) is 0 Å². The molecule has 30 heavy (non-hydrogen) atoms. The molecule has 0 radical (unpaired) electrons. The number of aryl methyl sites for hydroxylation is 1. The van der Waals surface area contributed by atoms with Crippen molar-refractivity contribution in [2.24, 2.45) is 0 Å². The highest BCUT2D eigenvalue weighted by Crippen LogP contribution is 2.34. The highest BCUT2D eigenvalue weighted by Gasteiger charge is 2.30. The van der Waals surface area contributed by atoms with Crippen molar-refractivity contribution in [2.75, 3.05) is 7.11 Å². The molecule has 0 unspecified atom stereocenters. The molecule has 0 atom stereocenters. The fraction of sp³-hybridized carbons (Fsp3) is 0.227. The molecule has 0 aliphatic rings. The number of thioether (sulfide) groups is 1. The number of benzene rings is 2. The minimum atomic E-state index is -4.41. The zero-order valence-corrected chi connectivity index (χ0v) is 17.4. The first-order valence-corrected chi connectivity index (χ1v) is 10.0. The minimum absolute atomic E-state index is 0.203. The molecular weight excluding hydrogens is 413 g/mol. The lowest BCUT2D eigenvalue weighted by Gasteiger charge is -2.13. The normalized spacial score (nSPS) is 11.4. The van der Waals surface area contributed by atoms with E-state index in [1.807, 2.05) is 18.2 Å². The molecule has 0 fully saturated rings. The van der Waals surface area contributed by atoms with Crippen LogP contribution in [-0.2, 0) is 11.9 Å². The van der Waals surface area contributed by atoms with E-state index in [9.17, 15) is 18.0 Å². The maximum atomic E-state index is 13.0. The third kappa shape index (κ3) is 4.81. The Bertz CT molecular complexity index is 1080. The van der Waals surface area contributed by atoms with Crippen molar-refractivity contribution in [3.63, 3.8) is 0 Å². The van der Waals surface area contributed by atoms with Crippen LogP contribution in [-0.4, -0.2) is 22.9 Å². The highest BCUT2D eigenvalue weighted by atomic mass is 32.2. The van der Waals surface area contributed by atoms with Gasteiger partial charge in [0.1, 0.15) is 10.8 Å². The second-order valence-corrected chi connectivity index (χ2v) is 7.52. The topological polar surface area (TPSA) is 52.1 Å². The van der Waals surface area contributed by atoms with Gasteiger partial charge in [0.25, 0.3) is 0 Å². The largest absolute Gasteiger partial charge is 0.496 e. The number of methoxy groups -OCH3 is 1. The van der Waals surface area contributed by atoms with Crippen molar-refractivity contribution >= 4 is 17.5 Å². The van der Waals surface area contributed by atoms with E-state index in [0.717, 1.165) is 12.1 Å². The number of aromatic nitrogens is 2. The summed E-state index contributed by atoms with van der Waals surface area (Å²) in [5.41, 5.74) is 1.31.